The predicted molar refractivity (Wildman–Crippen MR) is 87.7 cm³/mol. The number of hydrogen-bond acceptors (Lipinski definition) is 5. The van der Waals surface area contributed by atoms with Gasteiger partial charge in [-0.2, -0.15) is 10.2 Å². The second kappa shape index (κ2) is 7.00. The summed E-state index contributed by atoms with van der Waals surface area (Å²) in [5, 5.41) is 19.5. The quantitative estimate of drug-likeness (QED) is 0.584. The fourth-order valence-electron chi connectivity index (χ4n) is 2.53. The van der Waals surface area contributed by atoms with E-state index in [9.17, 15) is 14.9 Å². The first kappa shape index (κ1) is 17.9. The fraction of sp³-hybridized carbons (Fsp3) is 0.500. The maximum atomic E-state index is 12.6. The summed E-state index contributed by atoms with van der Waals surface area (Å²) in [6.07, 6.45) is 2.70. The molecule has 24 heavy (non-hydrogen) atoms. The van der Waals surface area contributed by atoms with Crippen molar-refractivity contribution in [2.75, 3.05) is 7.05 Å². The third kappa shape index (κ3) is 3.25. The molecule has 1 amide bonds. The van der Waals surface area contributed by atoms with Crippen molar-refractivity contribution in [3.05, 3.63) is 38.9 Å². The van der Waals surface area contributed by atoms with Crippen molar-refractivity contribution in [2.45, 2.75) is 39.9 Å². The number of rotatable bonds is 6. The van der Waals surface area contributed by atoms with E-state index in [1.807, 2.05) is 6.92 Å². The van der Waals surface area contributed by atoms with Crippen LogP contribution in [0.1, 0.15) is 31.3 Å². The average Bonchev–Trinajstić information content (AvgIpc) is 3.09. The van der Waals surface area contributed by atoms with Gasteiger partial charge in [0.1, 0.15) is 17.9 Å². The topological polar surface area (TPSA) is 99.1 Å². The van der Waals surface area contributed by atoms with Crippen molar-refractivity contribution in [1.82, 2.24) is 24.5 Å². The highest BCUT2D eigenvalue weighted by Gasteiger charge is 2.26. The van der Waals surface area contributed by atoms with Gasteiger partial charge in [-0.25, -0.2) is 0 Å². The Morgan fingerprint density at radius 1 is 1.46 bits per heavy atom. The Morgan fingerprint density at radius 2 is 2.12 bits per heavy atom. The highest BCUT2D eigenvalue weighted by atomic mass is 35.5. The molecule has 0 bridgehead atoms. The molecular formula is C14H19ClN6O3. The minimum Gasteiger partial charge on any atom is -0.338 e. The second-order valence-corrected chi connectivity index (χ2v) is 5.85. The molecule has 2 aromatic heterocycles. The van der Waals surface area contributed by atoms with Crippen molar-refractivity contribution < 1.29 is 9.72 Å². The lowest BCUT2D eigenvalue weighted by molar-refractivity contribution is -0.385. The summed E-state index contributed by atoms with van der Waals surface area (Å²) < 4.78 is 3.08. The Morgan fingerprint density at radius 3 is 2.67 bits per heavy atom. The number of amides is 1. The highest BCUT2D eigenvalue weighted by molar-refractivity contribution is 6.31. The van der Waals surface area contributed by atoms with Crippen molar-refractivity contribution in [3.8, 4) is 0 Å². The molecule has 130 valence electrons. The molecule has 1 unspecified atom stereocenters. The number of nitro groups is 1. The molecule has 0 saturated heterocycles. The average molecular weight is 355 g/mol. The molecule has 0 aliphatic heterocycles. The van der Waals surface area contributed by atoms with Crippen LogP contribution in [0.3, 0.4) is 0 Å². The molecule has 10 heteroatoms. The number of aromatic nitrogens is 4. The van der Waals surface area contributed by atoms with E-state index in [2.05, 4.69) is 10.2 Å². The van der Waals surface area contributed by atoms with Gasteiger partial charge in [0.15, 0.2) is 0 Å². The molecule has 0 N–H and O–H groups in total. The van der Waals surface area contributed by atoms with Gasteiger partial charge in [-0.3, -0.25) is 24.3 Å². The van der Waals surface area contributed by atoms with E-state index in [0.29, 0.717) is 17.3 Å². The van der Waals surface area contributed by atoms with E-state index in [1.54, 1.807) is 31.8 Å². The van der Waals surface area contributed by atoms with Crippen LogP contribution in [0.25, 0.3) is 0 Å². The predicted octanol–water partition coefficient (Wildman–Crippen LogP) is 2.19. The molecule has 2 aromatic rings. The van der Waals surface area contributed by atoms with Crippen molar-refractivity contribution in [3.63, 3.8) is 0 Å². The normalized spacial score (nSPS) is 12.2. The monoisotopic (exact) mass is 354 g/mol. The number of likely N-dealkylation sites (N-methyl/N-ethyl adjacent to an activating group) is 1. The standard InChI is InChI=1S/C14H19ClN6O3/c1-5-19-13(11(15)6-16-19)8-18(4)14(22)10(3)20-9(2)12(7-17-20)21(23)24/h6-7,10H,5,8H2,1-4H3. The molecule has 2 heterocycles. The summed E-state index contributed by atoms with van der Waals surface area (Å²) in [5.74, 6) is -0.226. The smallest absolute Gasteiger partial charge is 0.309 e. The van der Waals surface area contributed by atoms with Crippen LogP contribution in [0.2, 0.25) is 5.02 Å². The van der Waals surface area contributed by atoms with Gasteiger partial charge in [0.05, 0.1) is 28.4 Å². The van der Waals surface area contributed by atoms with Crippen LogP contribution in [-0.2, 0) is 17.9 Å². The summed E-state index contributed by atoms with van der Waals surface area (Å²) in [6.45, 7) is 6.09. The Balaban J connectivity index is 2.18. The van der Waals surface area contributed by atoms with Gasteiger partial charge >= 0.3 is 5.69 Å². The zero-order chi connectivity index (χ0) is 18.0. The number of carbonyl (C=O) groups excluding carboxylic acids is 1. The lowest BCUT2D eigenvalue weighted by atomic mass is 10.2. The lowest BCUT2D eigenvalue weighted by Gasteiger charge is -2.22. The first-order chi connectivity index (χ1) is 11.3. The number of carbonyl (C=O) groups is 1. The van der Waals surface area contributed by atoms with Gasteiger partial charge in [-0.15, -0.1) is 0 Å². The molecule has 0 saturated carbocycles. The number of halogens is 1. The zero-order valence-electron chi connectivity index (χ0n) is 13.9. The number of nitrogens with zero attached hydrogens (tertiary/aromatic N) is 6. The number of hydrogen-bond donors (Lipinski definition) is 0. The van der Waals surface area contributed by atoms with E-state index in [0.717, 1.165) is 11.9 Å². The van der Waals surface area contributed by atoms with Gasteiger partial charge in [0.2, 0.25) is 5.91 Å². The molecule has 2 rings (SSSR count). The van der Waals surface area contributed by atoms with E-state index in [-0.39, 0.29) is 18.1 Å². The molecule has 0 fully saturated rings. The summed E-state index contributed by atoms with van der Waals surface area (Å²) in [7, 11) is 1.65. The Hall–Kier alpha value is -2.42. The van der Waals surface area contributed by atoms with E-state index in [4.69, 9.17) is 11.6 Å². The molecule has 1 atom stereocenters. The van der Waals surface area contributed by atoms with Gasteiger partial charge in [-0.1, -0.05) is 11.6 Å². The molecule has 9 nitrogen and oxygen atoms in total. The van der Waals surface area contributed by atoms with Crippen LogP contribution in [0.4, 0.5) is 5.69 Å². The van der Waals surface area contributed by atoms with Crippen LogP contribution in [0.5, 0.6) is 0 Å². The minimum absolute atomic E-state index is 0.107. The van der Waals surface area contributed by atoms with Crippen LogP contribution in [-0.4, -0.2) is 42.3 Å². The Labute approximate surface area is 144 Å². The first-order valence-corrected chi connectivity index (χ1v) is 7.79. The molecule has 0 aliphatic carbocycles. The van der Waals surface area contributed by atoms with Crippen LogP contribution in [0.15, 0.2) is 12.4 Å². The van der Waals surface area contributed by atoms with Crippen LogP contribution < -0.4 is 0 Å². The summed E-state index contributed by atoms with van der Waals surface area (Å²) in [4.78, 5) is 24.5. The van der Waals surface area contributed by atoms with Crippen LogP contribution >= 0.6 is 11.6 Å². The highest BCUT2D eigenvalue weighted by Crippen LogP contribution is 2.22. The lowest BCUT2D eigenvalue weighted by Crippen LogP contribution is -2.34. The largest absolute Gasteiger partial charge is 0.338 e. The van der Waals surface area contributed by atoms with Gasteiger partial charge in [0, 0.05) is 13.6 Å². The Kier molecular flexibility index (Phi) is 5.23. The maximum absolute atomic E-state index is 12.6. The van der Waals surface area contributed by atoms with Gasteiger partial charge in [0.25, 0.3) is 0 Å². The fourth-order valence-corrected chi connectivity index (χ4v) is 2.73. The van der Waals surface area contributed by atoms with Crippen molar-refractivity contribution in [1.29, 1.82) is 0 Å². The van der Waals surface area contributed by atoms with Crippen molar-refractivity contribution in [2.24, 2.45) is 0 Å². The molecule has 0 aromatic carbocycles. The third-order valence-corrected chi connectivity index (χ3v) is 4.22. The first-order valence-electron chi connectivity index (χ1n) is 7.41. The second-order valence-electron chi connectivity index (χ2n) is 5.44. The minimum atomic E-state index is -0.666. The van der Waals surface area contributed by atoms with Gasteiger partial charge in [-0.05, 0) is 20.8 Å². The zero-order valence-corrected chi connectivity index (χ0v) is 14.7. The van der Waals surface area contributed by atoms with E-state index >= 15 is 0 Å². The van der Waals surface area contributed by atoms with E-state index in [1.165, 1.54) is 9.58 Å². The molecule has 0 radical (unpaired) electrons. The molecule has 0 spiro atoms. The summed E-state index contributed by atoms with van der Waals surface area (Å²) in [5.41, 5.74) is 0.973. The number of aryl methyl sites for hydroxylation is 1. The van der Waals surface area contributed by atoms with Crippen molar-refractivity contribution >= 4 is 23.2 Å². The third-order valence-electron chi connectivity index (χ3n) is 3.90. The maximum Gasteiger partial charge on any atom is 0.309 e. The van der Waals surface area contributed by atoms with E-state index < -0.39 is 11.0 Å². The Bertz CT molecular complexity index is 769. The molecule has 0 aliphatic rings. The summed E-state index contributed by atoms with van der Waals surface area (Å²) >= 11 is 6.12. The van der Waals surface area contributed by atoms with Crippen LogP contribution in [0, 0.1) is 17.0 Å². The van der Waals surface area contributed by atoms with Gasteiger partial charge < -0.3 is 4.90 Å². The molecular weight excluding hydrogens is 336 g/mol. The summed E-state index contributed by atoms with van der Waals surface area (Å²) in [6, 6.07) is -0.666. The SMILES string of the molecule is CCn1ncc(Cl)c1CN(C)C(=O)C(C)n1ncc([N+](=O)[O-])c1C.